The number of hydrogen-bond acceptors (Lipinski definition) is 6. The van der Waals surface area contributed by atoms with Gasteiger partial charge in [0.05, 0.1) is 15.3 Å². The molecule has 0 bridgehead atoms. The van der Waals surface area contributed by atoms with E-state index in [0.717, 1.165) is 4.88 Å². The number of H-pyrrole nitrogens is 1. The molecule has 0 aliphatic heterocycles. The predicted octanol–water partition coefficient (Wildman–Crippen LogP) is 7.39. The first-order valence-corrected chi connectivity index (χ1v) is 11.7. The van der Waals surface area contributed by atoms with Crippen LogP contribution in [0.5, 0.6) is 0 Å². The molecule has 10 heteroatoms. The van der Waals surface area contributed by atoms with Gasteiger partial charge in [-0.15, -0.1) is 11.3 Å². The molecule has 0 spiro atoms. The summed E-state index contributed by atoms with van der Waals surface area (Å²) in [6, 6.07) is 10.9. The minimum Gasteiger partial charge on any atom is -0.444 e. The zero-order chi connectivity index (χ0) is 24.5. The Hall–Kier alpha value is -3.38. The third-order valence-corrected chi connectivity index (χ3v) is 6.38. The highest BCUT2D eigenvalue weighted by Gasteiger charge is 2.25. The van der Waals surface area contributed by atoms with Crippen LogP contribution < -0.4 is 5.32 Å². The SMILES string of the molecule is CC(C)(C)OC(=O)Nc1cc(-c2sc(-c3ncc[nH]3)c(-c3ccc(Cl)cc3Cl)c2C#N)ccn1. The number of imidazole rings is 1. The highest BCUT2D eigenvalue weighted by atomic mass is 35.5. The lowest BCUT2D eigenvalue weighted by molar-refractivity contribution is 0.0635. The highest BCUT2D eigenvalue weighted by molar-refractivity contribution is 7.19. The number of nitrogens with one attached hydrogen (secondary N) is 2. The number of thiophene rings is 1. The van der Waals surface area contributed by atoms with Gasteiger partial charge < -0.3 is 9.72 Å². The molecule has 0 unspecified atom stereocenters. The number of aromatic amines is 1. The van der Waals surface area contributed by atoms with E-state index in [1.54, 1.807) is 69.7 Å². The maximum atomic E-state index is 12.2. The highest BCUT2D eigenvalue weighted by Crippen LogP contribution is 2.48. The largest absolute Gasteiger partial charge is 0.444 e. The molecule has 0 radical (unpaired) electrons. The van der Waals surface area contributed by atoms with Crippen molar-refractivity contribution in [3.05, 3.63) is 64.5 Å². The van der Waals surface area contributed by atoms with Crippen LogP contribution in [0.25, 0.3) is 32.3 Å². The van der Waals surface area contributed by atoms with Gasteiger partial charge in [0.2, 0.25) is 0 Å². The van der Waals surface area contributed by atoms with Crippen LogP contribution in [0.2, 0.25) is 10.0 Å². The monoisotopic (exact) mass is 511 g/mol. The summed E-state index contributed by atoms with van der Waals surface area (Å²) in [5, 5.41) is 13.7. The number of ether oxygens (including phenoxy) is 1. The fourth-order valence-corrected chi connectivity index (χ4v) is 5.02. The number of anilines is 1. The summed E-state index contributed by atoms with van der Waals surface area (Å²) in [5.41, 5.74) is 1.80. The first-order valence-electron chi connectivity index (χ1n) is 10.1. The summed E-state index contributed by atoms with van der Waals surface area (Å²) in [7, 11) is 0. The molecule has 0 aliphatic rings. The van der Waals surface area contributed by atoms with Crippen LogP contribution in [-0.2, 0) is 4.74 Å². The summed E-state index contributed by atoms with van der Waals surface area (Å²) < 4.78 is 5.31. The Morgan fingerprint density at radius 1 is 1.15 bits per heavy atom. The number of hydrogen-bond donors (Lipinski definition) is 2. The molecular weight excluding hydrogens is 493 g/mol. The van der Waals surface area contributed by atoms with Gasteiger partial charge in [-0.25, -0.2) is 14.8 Å². The standard InChI is InChI=1S/C24H19Cl2N5O2S/c1-24(2,3)33-23(32)31-18-10-13(6-7-28-18)20-16(12-27)19(15-5-4-14(25)11-17(15)26)21(34-20)22-29-8-9-30-22/h4-11H,1-3H3,(H,29,30)(H,28,31,32). The van der Waals surface area contributed by atoms with Crippen LogP contribution in [-0.4, -0.2) is 26.6 Å². The van der Waals surface area contributed by atoms with Gasteiger partial charge in [0, 0.05) is 39.8 Å². The second-order valence-electron chi connectivity index (χ2n) is 8.24. The molecule has 0 saturated carbocycles. The number of pyridine rings is 1. The lowest BCUT2D eigenvalue weighted by Crippen LogP contribution is -2.27. The van der Waals surface area contributed by atoms with E-state index in [1.807, 2.05) is 0 Å². The smallest absolute Gasteiger partial charge is 0.413 e. The fourth-order valence-electron chi connectivity index (χ4n) is 3.29. The minimum atomic E-state index is -0.645. The molecule has 3 aromatic heterocycles. The van der Waals surface area contributed by atoms with Gasteiger partial charge in [-0.05, 0) is 50.6 Å². The number of amides is 1. The lowest BCUT2D eigenvalue weighted by Gasteiger charge is -2.19. The van der Waals surface area contributed by atoms with Crippen molar-refractivity contribution in [3.63, 3.8) is 0 Å². The normalized spacial score (nSPS) is 11.2. The number of carbonyl (C=O) groups is 1. The van der Waals surface area contributed by atoms with Gasteiger partial charge in [0.25, 0.3) is 0 Å². The Morgan fingerprint density at radius 2 is 1.94 bits per heavy atom. The van der Waals surface area contributed by atoms with Gasteiger partial charge in [-0.2, -0.15) is 5.26 Å². The Balaban J connectivity index is 1.84. The minimum absolute atomic E-state index is 0.301. The molecule has 1 aromatic carbocycles. The fraction of sp³-hybridized carbons (Fsp3) is 0.167. The molecule has 2 N–H and O–H groups in total. The van der Waals surface area contributed by atoms with Crippen molar-refractivity contribution in [3.8, 4) is 38.3 Å². The quantitative estimate of drug-likeness (QED) is 0.297. The maximum absolute atomic E-state index is 12.2. The molecule has 34 heavy (non-hydrogen) atoms. The first-order chi connectivity index (χ1) is 16.2. The number of aromatic nitrogens is 3. The van der Waals surface area contributed by atoms with Crippen molar-refractivity contribution < 1.29 is 9.53 Å². The Labute approximate surface area is 210 Å². The van der Waals surface area contributed by atoms with E-state index in [-0.39, 0.29) is 0 Å². The number of halogens is 2. The molecule has 7 nitrogen and oxygen atoms in total. The zero-order valence-electron chi connectivity index (χ0n) is 18.4. The Morgan fingerprint density at radius 3 is 2.59 bits per heavy atom. The second-order valence-corrected chi connectivity index (χ2v) is 10.1. The molecule has 0 aliphatic carbocycles. The number of nitriles is 1. The molecular formula is C24H19Cl2N5O2S. The molecule has 4 aromatic rings. The number of carbonyl (C=O) groups excluding carboxylic acids is 1. The van der Waals surface area contributed by atoms with Crippen LogP contribution in [0.15, 0.2) is 48.9 Å². The van der Waals surface area contributed by atoms with Gasteiger partial charge in [0.1, 0.15) is 23.3 Å². The molecule has 0 saturated heterocycles. The average molecular weight is 512 g/mol. The van der Waals surface area contributed by atoms with Crippen LogP contribution in [0.3, 0.4) is 0 Å². The molecule has 0 atom stereocenters. The van der Waals surface area contributed by atoms with Crippen molar-refractivity contribution in [1.29, 1.82) is 5.26 Å². The summed E-state index contributed by atoms with van der Waals surface area (Å²) in [4.78, 5) is 25.3. The Bertz CT molecular complexity index is 1400. The topological polar surface area (TPSA) is 104 Å². The van der Waals surface area contributed by atoms with Crippen LogP contribution in [0.4, 0.5) is 10.6 Å². The second kappa shape index (κ2) is 9.47. The third-order valence-electron chi connectivity index (χ3n) is 4.58. The van der Waals surface area contributed by atoms with Crippen molar-refractivity contribution in [2.75, 3.05) is 5.32 Å². The number of nitrogens with zero attached hydrogens (tertiary/aromatic N) is 3. The number of benzene rings is 1. The van der Waals surface area contributed by atoms with E-state index in [9.17, 15) is 10.1 Å². The molecule has 172 valence electrons. The third kappa shape index (κ3) is 5.07. The molecule has 4 rings (SSSR count). The Kier molecular flexibility index (Phi) is 6.62. The van der Waals surface area contributed by atoms with Crippen molar-refractivity contribution in [2.45, 2.75) is 26.4 Å². The van der Waals surface area contributed by atoms with Crippen molar-refractivity contribution >= 4 is 46.4 Å². The number of rotatable bonds is 4. The average Bonchev–Trinajstić information content (AvgIpc) is 3.40. The van der Waals surface area contributed by atoms with E-state index in [4.69, 9.17) is 27.9 Å². The maximum Gasteiger partial charge on any atom is 0.413 e. The molecule has 0 fully saturated rings. The predicted molar refractivity (Wildman–Crippen MR) is 135 cm³/mol. The van der Waals surface area contributed by atoms with Gasteiger partial charge >= 0.3 is 6.09 Å². The van der Waals surface area contributed by atoms with Crippen molar-refractivity contribution in [1.82, 2.24) is 15.0 Å². The van der Waals surface area contributed by atoms with Crippen LogP contribution >= 0.6 is 34.5 Å². The summed E-state index contributed by atoms with van der Waals surface area (Å²) in [6.45, 7) is 5.34. The van der Waals surface area contributed by atoms with Crippen molar-refractivity contribution in [2.24, 2.45) is 0 Å². The van der Waals surface area contributed by atoms with E-state index in [2.05, 4.69) is 26.3 Å². The molecule has 3 heterocycles. The van der Waals surface area contributed by atoms with Crippen LogP contribution in [0, 0.1) is 11.3 Å². The van der Waals surface area contributed by atoms with E-state index in [1.165, 1.54) is 11.3 Å². The van der Waals surface area contributed by atoms with E-state index >= 15 is 0 Å². The zero-order valence-corrected chi connectivity index (χ0v) is 20.8. The van der Waals surface area contributed by atoms with Gasteiger partial charge in [-0.3, -0.25) is 5.32 Å². The summed E-state index contributed by atoms with van der Waals surface area (Å²) >= 11 is 14.0. The van der Waals surface area contributed by atoms with E-state index < -0.39 is 11.7 Å². The summed E-state index contributed by atoms with van der Waals surface area (Å²) in [5.74, 6) is 0.907. The van der Waals surface area contributed by atoms with Gasteiger partial charge in [-0.1, -0.05) is 29.3 Å². The first kappa shape index (κ1) is 23.8. The van der Waals surface area contributed by atoms with Gasteiger partial charge in [0.15, 0.2) is 0 Å². The molecule has 1 amide bonds. The lowest BCUT2D eigenvalue weighted by atomic mass is 9.98. The van der Waals surface area contributed by atoms with E-state index in [0.29, 0.717) is 48.8 Å². The van der Waals surface area contributed by atoms with Crippen LogP contribution in [0.1, 0.15) is 26.3 Å². The summed E-state index contributed by atoms with van der Waals surface area (Å²) in [6.07, 6.45) is 4.30.